The van der Waals surface area contributed by atoms with Gasteiger partial charge in [0, 0.05) is 0 Å². The number of pyridine rings is 1. The van der Waals surface area contributed by atoms with Crippen LogP contribution in [0.3, 0.4) is 0 Å². The van der Waals surface area contributed by atoms with E-state index in [4.69, 9.17) is 0 Å². The van der Waals surface area contributed by atoms with Gasteiger partial charge in [-0.3, -0.25) is 0 Å². The average Bonchev–Trinajstić information content (AvgIpc) is 2.45. The van der Waals surface area contributed by atoms with Crippen molar-refractivity contribution in [1.82, 2.24) is 14.6 Å². The molecule has 0 spiro atoms. The monoisotopic (exact) mass is 283 g/mol. The average molecular weight is 282 g/mol. The van der Waals surface area contributed by atoms with Crippen molar-refractivity contribution >= 4 is 27.9 Å². The second-order valence-electron chi connectivity index (χ2n) is 4.19. The van der Waals surface area contributed by atoms with Crippen LogP contribution in [-0.2, 0) is 0 Å². The first kappa shape index (κ1) is 8.99. The molecule has 0 aliphatic heterocycles. The Morgan fingerprint density at radius 2 is 2.00 bits per heavy atom. The number of fused-ring (bicyclic) bond motifs is 1. The molecule has 0 radical (unpaired) electrons. The molecule has 0 saturated heterocycles. The molecule has 0 aromatic carbocycles. The first-order valence-electron chi connectivity index (χ1n) is 4.39. The van der Waals surface area contributed by atoms with E-state index in [9.17, 15) is 0 Å². The summed E-state index contributed by atoms with van der Waals surface area (Å²) in [6.07, 6.45) is 1.95. The zero-order chi connectivity index (χ0) is 9.47. The molecule has 0 saturated carbocycles. The van der Waals surface area contributed by atoms with Gasteiger partial charge in [0.2, 0.25) is 0 Å². The van der Waals surface area contributed by atoms with Crippen molar-refractivity contribution < 1.29 is 0 Å². The predicted molar refractivity (Wildman–Crippen MR) is 56.0 cm³/mol. The van der Waals surface area contributed by atoms with Crippen LogP contribution >= 0.6 is 0 Å². The van der Waals surface area contributed by atoms with Gasteiger partial charge in [0.1, 0.15) is 0 Å². The van der Waals surface area contributed by atoms with Crippen LogP contribution in [0.1, 0.15) is 0 Å². The molecule has 68 valence electrons. The van der Waals surface area contributed by atoms with Gasteiger partial charge in [0.15, 0.2) is 0 Å². The summed E-state index contributed by atoms with van der Waals surface area (Å²) in [4.78, 5) is 11.5. The fourth-order valence-corrected chi connectivity index (χ4v) is 3.60. The van der Waals surface area contributed by atoms with Crippen LogP contribution in [0.25, 0.3) is 5.65 Å². The van der Waals surface area contributed by atoms with Crippen molar-refractivity contribution in [2.75, 3.05) is 0 Å². The second-order valence-corrected chi connectivity index (χ2v) is 18.3. The van der Waals surface area contributed by atoms with Crippen LogP contribution in [-0.4, -0.2) is 33.0 Å². The third-order valence-electron chi connectivity index (χ3n) is 1.91. The van der Waals surface area contributed by atoms with Gasteiger partial charge in [-0.15, -0.1) is 0 Å². The van der Waals surface area contributed by atoms with Crippen LogP contribution < -0.4 is 3.84 Å². The number of aromatic nitrogens is 3. The van der Waals surface area contributed by atoms with Gasteiger partial charge in [0.25, 0.3) is 0 Å². The van der Waals surface area contributed by atoms with Crippen molar-refractivity contribution in [3.8, 4) is 0 Å². The van der Waals surface area contributed by atoms with Crippen molar-refractivity contribution in [3.05, 3.63) is 24.4 Å². The van der Waals surface area contributed by atoms with Crippen molar-refractivity contribution in [3.63, 3.8) is 0 Å². The third kappa shape index (κ3) is 1.70. The maximum absolute atomic E-state index is 4.53. The summed E-state index contributed by atoms with van der Waals surface area (Å²) in [5.74, 6) is 0. The molecule has 0 N–H and O–H groups in total. The van der Waals surface area contributed by atoms with Crippen molar-refractivity contribution in [1.29, 1.82) is 0 Å². The summed E-state index contributed by atoms with van der Waals surface area (Å²) in [5, 5.41) is 4.48. The molecule has 0 unspecified atom stereocenters. The normalized spacial score (nSPS) is 12.2. The van der Waals surface area contributed by atoms with E-state index in [-0.39, 0.29) is 0 Å². The Balaban J connectivity index is 2.63. The molecule has 2 aromatic heterocycles. The Morgan fingerprint density at radius 3 is 2.62 bits per heavy atom. The van der Waals surface area contributed by atoms with E-state index in [2.05, 4.69) is 24.9 Å². The molecule has 0 aliphatic rings. The third-order valence-corrected chi connectivity index (χ3v) is 6.35. The Kier molecular flexibility index (Phi) is 2.06. The van der Waals surface area contributed by atoms with E-state index in [1.807, 2.05) is 28.9 Å². The minimum absolute atomic E-state index is 0.962. The number of rotatable bonds is 1. The standard InChI is InChI=1S/C6H4N3.3CH3.Sn/c1-2-4-9-6(3-1)7-5-8-9;;;;/h1-4H;3*1H3;. The molecular formula is C9H13N3Sn. The van der Waals surface area contributed by atoms with E-state index < -0.39 is 18.4 Å². The summed E-state index contributed by atoms with van der Waals surface area (Å²) in [5.41, 5.74) is 0.962. The van der Waals surface area contributed by atoms with E-state index in [1.165, 1.54) is 0 Å². The Bertz CT molecular complexity index is 395. The SMILES string of the molecule is [CH3][Sn]([CH3])([CH3])[c]1nc2ccccn2n1. The van der Waals surface area contributed by atoms with Crippen LogP contribution in [0.4, 0.5) is 0 Å². The van der Waals surface area contributed by atoms with Crippen LogP contribution in [0.5, 0.6) is 0 Å². The molecule has 2 rings (SSSR count). The Morgan fingerprint density at radius 1 is 1.23 bits per heavy atom. The topological polar surface area (TPSA) is 30.2 Å². The van der Waals surface area contributed by atoms with Crippen molar-refractivity contribution in [2.24, 2.45) is 0 Å². The van der Waals surface area contributed by atoms with Gasteiger partial charge in [-0.1, -0.05) is 0 Å². The fraction of sp³-hybridized carbons (Fsp3) is 0.333. The summed E-state index contributed by atoms with van der Waals surface area (Å²) in [7, 11) is 0. The molecule has 0 fully saturated rings. The molecule has 2 aromatic rings. The molecule has 0 aliphatic carbocycles. The minimum atomic E-state index is -2.07. The van der Waals surface area contributed by atoms with Gasteiger partial charge in [0.05, 0.1) is 0 Å². The molecule has 4 heteroatoms. The van der Waals surface area contributed by atoms with Crippen LogP contribution in [0.2, 0.25) is 14.8 Å². The molecule has 13 heavy (non-hydrogen) atoms. The van der Waals surface area contributed by atoms with Gasteiger partial charge >= 0.3 is 81.7 Å². The van der Waals surface area contributed by atoms with E-state index in [1.54, 1.807) is 0 Å². The number of hydrogen-bond donors (Lipinski definition) is 0. The molecule has 2 heterocycles. The van der Waals surface area contributed by atoms with E-state index in [0.29, 0.717) is 0 Å². The van der Waals surface area contributed by atoms with Crippen LogP contribution in [0, 0.1) is 0 Å². The van der Waals surface area contributed by atoms with E-state index >= 15 is 0 Å². The number of nitrogens with zero attached hydrogens (tertiary/aromatic N) is 3. The Labute approximate surface area is 81.7 Å². The summed E-state index contributed by atoms with van der Waals surface area (Å²) in [6.45, 7) is 0. The molecule has 0 amide bonds. The first-order valence-corrected chi connectivity index (χ1v) is 14.4. The zero-order valence-electron chi connectivity index (χ0n) is 8.15. The van der Waals surface area contributed by atoms with Gasteiger partial charge in [-0.25, -0.2) is 0 Å². The Hall–Kier alpha value is -0.581. The summed E-state index contributed by atoms with van der Waals surface area (Å²) >= 11 is -2.07. The molecule has 3 nitrogen and oxygen atoms in total. The summed E-state index contributed by atoms with van der Waals surface area (Å²) in [6, 6.07) is 5.96. The summed E-state index contributed by atoms with van der Waals surface area (Å²) < 4.78 is 2.96. The van der Waals surface area contributed by atoms with Gasteiger partial charge < -0.3 is 0 Å². The first-order chi connectivity index (χ1) is 6.07. The van der Waals surface area contributed by atoms with Gasteiger partial charge in [-0.05, 0) is 0 Å². The maximum atomic E-state index is 4.53. The second kappa shape index (κ2) is 2.97. The zero-order valence-corrected chi connectivity index (χ0v) is 11.0. The van der Waals surface area contributed by atoms with Crippen LogP contribution in [0.15, 0.2) is 24.4 Å². The molecule has 0 atom stereocenters. The van der Waals surface area contributed by atoms with Gasteiger partial charge in [-0.2, -0.15) is 0 Å². The number of hydrogen-bond acceptors (Lipinski definition) is 2. The predicted octanol–water partition coefficient (Wildman–Crippen LogP) is 1.27. The van der Waals surface area contributed by atoms with E-state index in [0.717, 1.165) is 9.49 Å². The molecular weight excluding hydrogens is 269 g/mol. The molecule has 0 bridgehead atoms. The van der Waals surface area contributed by atoms with Crippen molar-refractivity contribution in [2.45, 2.75) is 14.8 Å². The fourth-order valence-electron chi connectivity index (χ4n) is 1.15. The quantitative estimate of drug-likeness (QED) is 0.737.